The zero-order valence-corrected chi connectivity index (χ0v) is 12.0. The van der Waals surface area contributed by atoms with Crippen LogP contribution in [0.4, 0.5) is 0 Å². The highest BCUT2D eigenvalue weighted by Gasteiger charge is 2.26. The number of nitrogens with zero attached hydrogens (tertiary/aromatic N) is 1. The van der Waals surface area contributed by atoms with E-state index in [0.717, 1.165) is 24.9 Å². The van der Waals surface area contributed by atoms with Crippen molar-refractivity contribution in [1.82, 2.24) is 4.90 Å². The summed E-state index contributed by atoms with van der Waals surface area (Å²) in [7, 11) is 0. The van der Waals surface area contributed by atoms with Crippen molar-refractivity contribution in [3.05, 3.63) is 35.9 Å². The minimum absolute atomic E-state index is 0.00681. The van der Waals surface area contributed by atoms with Gasteiger partial charge in [0, 0.05) is 11.6 Å². The van der Waals surface area contributed by atoms with Crippen molar-refractivity contribution in [2.75, 3.05) is 6.54 Å². The maximum Gasteiger partial charge on any atom is 0.179 e. The Morgan fingerprint density at radius 2 is 1.72 bits per heavy atom. The Morgan fingerprint density at radius 1 is 1.11 bits per heavy atom. The second kappa shape index (κ2) is 7.32. The second-order valence-corrected chi connectivity index (χ2v) is 4.74. The highest BCUT2D eigenvalue weighted by atomic mass is 16.1. The summed E-state index contributed by atoms with van der Waals surface area (Å²) in [5.74, 6) is 0.250. The van der Waals surface area contributed by atoms with Gasteiger partial charge in [-0.2, -0.15) is 0 Å². The normalized spacial score (nSPS) is 14.5. The Labute approximate surface area is 111 Å². The van der Waals surface area contributed by atoms with E-state index in [4.69, 9.17) is 0 Å². The maximum atomic E-state index is 12.6. The first-order valence-corrected chi connectivity index (χ1v) is 7.00. The maximum absolute atomic E-state index is 12.6. The van der Waals surface area contributed by atoms with Crippen LogP contribution in [0.2, 0.25) is 0 Å². The molecule has 2 nitrogen and oxygen atoms in total. The molecule has 18 heavy (non-hydrogen) atoms. The smallest absolute Gasteiger partial charge is 0.179 e. The van der Waals surface area contributed by atoms with Crippen molar-refractivity contribution >= 4 is 5.78 Å². The highest BCUT2D eigenvalue weighted by molar-refractivity contribution is 6.00. The molecular weight excluding hydrogens is 222 g/mol. The molecule has 0 aromatic heterocycles. The molecule has 0 bridgehead atoms. The van der Waals surface area contributed by atoms with Crippen molar-refractivity contribution in [2.24, 2.45) is 0 Å². The lowest BCUT2D eigenvalue weighted by Gasteiger charge is -2.33. The average molecular weight is 247 g/mol. The first kappa shape index (κ1) is 14.9. The molecule has 0 saturated heterocycles. The second-order valence-electron chi connectivity index (χ2n) is 4.74. The lowest BCUT2D eigenvalue weighted by molar-refractivity contribution is 0.0746. The van der Waals surface area contributed by atoms with Crippen LogP contribution in [-0.4, -0.2) is 29.3 Å². The van der Waals surface area contributed by atoms with E-state index in [2.05, 4.69) is 32.6 Å². The summed E-state index contributed by atoms with van der Waals surface area (Å²) in [5.41, 5.74) is 0.825. The molecule has 0 N–H and O–H groups in total. The van der Waals surface area contributed by atoms with Gasteiger partial charge in [0.15, 0.2) is 5.78 Å². The van der Waals surface area contributed by atoms with Crippen molar-refractivity contribution in [2.45, 2.75) is 52.6 Å². The molecule has 1 aromatic rings. The fourth-order valence-corrected chi connectivity index (χ4v) is 2.44. The lowest BCUT2D eigenvalue weighted by Crippen LogP contribution is -2.45. The molecule has 0 heterocycles. The van der Waals surface area contributed by atoms with Gasteiger partial charge in [0.05, 0.1) is 6.04 Å². The van der Waals surface area contributed by atoms with Crippen molar-refractivity contribution in [3.63, 3.8) is 0 Å². The van der Waals surface area contributed by atoms with Crippen molar-refractivity contribution in [1.29, 1.82) is 0 Å². The zero-order valence-electron chi connectivity index (χ0n) is 12.0. The van der Waals surface area contributed by atoms with Crippen LogP contribution in [0.15, 0.2) is 30.3 Å². The SMILES string of the molecule is CCC(C)N(CC)C(CC)C(=O)c1ccccc1. The molecule has 2 heteroatoms. The van der Waals surface area contributed by atoms with Gasteiger partial charge in [0.2, 0.25) is 0 Å². The topological polar surface area (TPSA) is 20.3 Å². The fourth-order valence-electron chi connectivity index (χ4n) is 2.44. The van der Waals surface area contributed by atoms with E-state index in [0.29, 0.717) is 6.04 Å². The minimum Gasteiger partial charge on any atom is -0.292 e. The molecule has 0 radical (unpaired) electrons. The van der Waals surface area contributed by atoms with Crippen LogP contribution in [0.3, 0.4) is 0 Å². The van der Waals surface area contributed by atoms with E-state index in [-0.39, 0.29) is 11.8 Å². The third kappa shape index (κ3) is 3.42. The van der Waals surface area contributed by atoms with Gasteiger partial charge in [-0.25, -0.2) is 0 Å². The van der Waals surface area contributed by atoms with E-state index >= 15 is 0 Å². The van der Waals surface area contributed by atoms with Gasteiger partial charge in [-0.1, -0.05) is 51.1 Å². The number of rotatable bonds is 7. The van der Waals surface area contributed by atoms with E-state index < -0.39 is 0 Å². The van der Waals surface area contributed by atoms with Gasteiger partial charge in [0.1, 0.15) is 0 Å². The largest absolute Gasteiger partial charge is 0.292 e. The predicted molar refractivity (Wildman–Crippen MR) is 77.0 cm³/mol. The summed E-state index contributed by atoms with van der Waals surface area (Å²) in [6.07, 6.45) is 1.94. The predicted octanol–water partition coefficient (Wildman–Crippen LogP) is 3.77. The molecule has 0 aliphatic carbocycles. The monoisotopic (exact) mass is 247 g/mol. The number of Topliss-reactive ketones (excluding diaryl/α,β-unsaturated/α-hetero) is 1. The Balaban J connectivity index is 2.91. The van der Waals surface area contributed by atoms with Gasteiger partial charge in [0.25, 0.3) is 0 Å². The fraction of sp³-hybridized carbons (Fsp3) is 0.562. The number of likely N-dealkylation sites (N-methyl/N-ethyl adjacent to an activating group) is 1. The summed E-state index contributed by atoms with van der Waals surface area (Å²) >= 11 is 0. The van der Waals surface area contributed by atoms with Crippen molar-refractivity contribution in [3.8, 4) is 0 Å². The number of carbonyl (C=O) groups is 1. The third-order valence-corrected chi connectivity index (χ3v) is 3.67. The van der Waals surface area contributed by atoms with Crippen LogP contribution in [0, 0.1) is 0 Å². The number of hydrogen-bond acceptors (Lipinski definition) is 2. The summed E-state index contributed by atoms with van der Waals surface area (Å²) in [6.45, 7) is 9.52. The lowest BCUT2D eigenvalue weighted by atomic mass is 9.99. The Bertz CT molecular complexity index is 361. The van der Waals surface area contributed by atoms with Gasteiger partial charge in [-0.15, -0.1) is 0 Å². The molecule has 0 aliphatic rings. The molecule has 0 spiro atoms. The highest BCUT2D eigenvalue weighted by Crippen LogP contribution is 2.16. The van der Waals surface area contributed by atoms with Crippen LogP contribution in [0.25, 0.3) is 0 Å². The van der Waals surface area contributed by atoms with Crippen LogP contribution in [-0.2, 0) is 0 Å². The van der Waals surface area contributed by atoms with Crippen LogP contribution < -0.4 is 0 Å². The summed E-state index contributed by atoms with van der Waals surface area (Å²) < 4.78 is 0. The molecule has 1 aromatic carbocycles. The standard InChI is InChI=1S/C16H25NO/c1-5-13(4)17(7-3)15(6-2)16(18)14-11-9-8-10-12-14/h8-13,15H,5-7H2,1-4H3. The van der Waals surface area contributed by atoms with Gasteiger partial charge in [-0.05, 0) is 26.3 Å². The van der Waals surface area contributed by atoms with E-state index in [1.165, 1.54) is 0 Å². The minimum atomic E-state index is 0.00681. The average Bonchev–Trinajstić information content (AvgIpc) is 2.44. The van der Waals surface area contributed by atoms with Crippen LogP contribution >= 0.6 is 0 Å². The van der Waals surface area contributed by atoms with E-state index in [1.807, 2.05) is 30.3 Å². The van der Waals surface area contributed by atoms with E-state index in [1.54, 1.807) is 0 Å². The Morgan fingerprint density at radius 3 is 2.17 bits per heavy atom. The van der Waals surface area contributed by atoms with Crippen LogP contribution in [0.1, 0.15) is 50.9 Å². The summed E-state index contributed by atoms with van der Waals surface area (Å²) in [6, 6.07) is 10.1. The van der Waals surface area contributed by atoms with Crippen molar-refractivity contribution < 1.29 is 4.79 Å². The molecule has 1 rings (SSSR count). The number of carbonyl (C=O) groups excluding carboxylic acids is 1. The molecule has 2 unspecified atom stereocenters. The molecule has 0 fully saturated rings. The third-order valence-electron chi connectivity index (χ3n) is 3.67. The Hall–Kier alpha value is -1.15. The van der Waals surface area contributed by atoms with Crippen LogP contribution in [0.5, 0.6) is 0 Å². The first-order chi connectivity index (χ1) is 8.65. The molecule has 0 aliphatic heterocycles. The van der Waals surface area contributed by atoms with Gasteiger partial charge in [-0.3, -0.25) is 9.69 Å². The molecule has 2 atom stereocenters. The number of hydrogen-bond donors (Lipinski definition) is 0. The zero-order chi connectivity index (χ0) is 13.5. The number of benzene rings is 1. The quantitative estimate of drug-likeness (QED) is 0.684. The Kier molecular flexibility index (Phi) is 6.06. The van der Waals surface area contributed by atoms with Gasteiger partial charge < -0.3 is 0 Å². The van der Waals surface area contributed by atoms with E-state index in [9.17, 15) is 4.79 Å². The first-order valence-electron chi connectivity index (χ1n) is 7.00. The molecule has 0 amide bonds. The molecule has 0 saturated carbocycles. The molecule has 100 valence electrons. The number of ketones is 1. The summed E-state index contributed by atoms with van der Waals surface area (Å²) in [5, 5.41) is 0. The molecular formula is C16H25NO. The van der Waals surface area contributed by atoms with Gasteiger partial charge >= 0.3 is 0 Å². The summed E-state index contributed by atoms with van der Waals surface area (Å²) in [4.78, 5) is 14.9.